The molecule has 27 heteroatoms. The topological polar surface area (TPSA) is 378 Å². The van der Waals surface area contributed by atoms with Crippen LogP contribution in [-0.2, 0) is 43.2 Å². The molecule has 1 aliphatic heterocycles. The zero-order valence-corrected chi connectivity index (χ0v) is 42.2. The monoisotopic (exact) mass is 1020 g/mol. The number of aliphatic imine (C=N–C) groups is 1. The number of thiol groups is 3. The van der Waals surface area contributed by atoms with Gasteiger partial charge in [0, 0.05) is 30.3 Å². The van der Waals surface area contributed by atoms with Gasteiger partial charge in [-0.15, -0.1) is 0 Å². The number of unbranched alkanes of at least 4 members (excludes halogenated alkanes) is 1. The molecule has 67 heavy (non-hydrogen) atoms. The maximum Gasteiger partial charge on any atom is 0.327 e. The number of nitrogens with one attached hydrogen (secondary N) is 7. The number of amides is 8. The number of carboxylic acid groups (broad SMARTS) is 1. The van der Waals surface area contributed by atoms with Gasteiger partial charge in [0.1, 0.15) is 48.3 Å². The molecule has 0 bridgehead atoms. The number of thioether (sulfide) groups is 1. The zero-order valence-electron chi connectivity index (χ0n) is 38.7. The first-order valence-electron chi connectivity index (χ1n) is 22.1. The number of nitrogens with zero attached hydrogens (tertiary/aromatic N) is 2. The Bertz CT molecular complexity index is 1700. The van der Waals surface area contributed by atoms with Gasteiger partial charge in [0.05, 0.1) is 6.04 Å². The molecule has 9 atom stereocenters. The number of hydrogen-bond donors (Lipinski definition) is 15. The molecule has 0 saturated carbocycles. The van der Waals surface area contributed by atoms with Gasteiger partial charge in [-0.05, 0) is 89.2 Å². The van der Waals surface area contributed by atoms with Crippen LogP contribution in [-0.4, -0.2) is 172 Å². The van der Waals surface area contributed by atoms with Crippen molar-refractivity contribution in [3.8, 4) is 0 Å². The summed E-state index contributed by atoms with van der Waals surface area (Å²) in [5, 5.41) is 27.4. The van der Waals surface area contributed by atoms with Crippen molar-refractivity contribution >= 4 is 109 Å². The second kappa shape index (κ2) is 32.5. The molecule has 0 aromatic heterocycles. The molecule has 1 heterocycles. The summed E-state index contributed by atoms with van der Waals surface area (Å²) in [5.74, 6) is -6.97. The van der Waals surface area contributed by atoms with Gasteiger partial charge in [-0.3, -0.25) is 43.3 Å². The maximum absolute atomic E-state index is 14.0. The largest absolute Gasteiger partial charge is 0.480 e. The molecule has 0 unspecified atom stereocenters. The van der Waals surface area contributed by atoms with Crippen LogP contribution in [0, 0.1) is 5.92 Å². The lowest BCUT2D eigenvalue weighted by Crippen LogP contribution is -2.60. The van der Waals surface area contributed by atoms with Crippen molar-refractivity contribution in [2.75, 3.05) is 48.9 Å². The first-order valence-corrected chi connectivity index (χ1v) is 25.4. The highest BCUT2D eigenvalue weighted by Gasteiger charge is 2.40. The van der Waals surface area contributed by atoms with E-state index in [1.165, 1.54) is 23.6 Å². The van der Waals surface area contributed by atoms with Crippen LogP contribution in [0.25, 0.3) is 0 Å². The average Bonchev–Trinajstić information content (AvgIpc) is 3.78. The second-order valence-electron chi connectivity index (χ2n) is 16.4. The van der Waals surface area contributed by atoms with Crippen LogP contribution in [0.1, 0.15) is 78.6 Å². The Hall–Kier alpha value is -4.18. The third kappa shape index (κ3) is 22.2. The number of hydrogen-bond acceptors (Lipinski definition) is 16. The SMILES string of the molecule is CSCC[C@H](NC(=O)[C@@H]1CCCN1C(=O)[C@H](CC(C)C)NC(=O)[C@@H](N)CS)C(=O)N[C@@H](CCCN=C(N)N)C(=O)N[C@@H](C)C(=O)N[C@@H](CCCCN)C(=O)N[C@@H](CS)C(=O)N[C@@H](CS)C(=O)O. The lowest BCUT2D eigenvalue weighted by Gasteiger charge is -2.31. The average molecular weight is 1020 g/mol. The van der Waals surface area contributed by atoms with Gasteiger partial charge in [-0.1, -0.05) is 13.8 Å². The standard InChI is InChI=1S/C40H73N13O10S4/c1-21(2)17-27(50-32(55)23(42)18-64)38(61)53-15-8-11-30(53)37(60)49-26(12-16-67-4)35(58)48-25(10-7-14-45-40(43)44)33(56)46-22(3)31(54)47-24(9-5-6-13-41)34(57)51-28(19-65)36(59)52-29(20-66)39(62)63/h21-30,64-66H,5-20,41-42H2,1-4H3,(H,46,56)(H,47,54)(H,48,58)(H,49,60)(H,50,55)(H,51,57)(H,52,59)(H,62,63)(H4,43,44,45)/t22-,23-,24-,25-,26-,27-,28-,29-,30-/m0/s1. The third-order valence-corrected chi connectivity index (χ3v) is 12.2. The fraction of sp³-hybridized carbons (Fsp3) is 0.750. The minimum Gasteiger partial charge on any atom is -0.480 e. The highest BCUT2D eigenvalue weighted by Crippen LogP contribution is 2.21. The van der Waals surface area contributed by atoms with Crippen molar-refractivity contribution in [2.24, 2.45) is 33.8 Å². The van der Waals surface area contributed by atoms with Crippen LogP contribution >= 0.6 is 49.6 Å². The van der Waals surface area contributed by atoms with Crippen LogP contribution in [0.2, 0.25) is 0 Å². The summed E-state index contributed by atoms with van der Waals surface area (Å²) >= 11 is 13.5. The van der Waals surface area contributed by atoms with Crippen molar-refractivity contribution < 1.29 is 48.3 Å². The van der Waals surface area contributed by atoms with Gasteiger partial charge in [0.15, 0.2) is 5.96 Å². The first kappa shape index (κ1) is 60.8. The van der Waals surface area contributed by atoms with Crippen LogP contribution in [0.5, 0.6) is 0 Å². The van der Waals surface area contributed by atoms with Gasteiger partial charge in [0.2, 0.25) is 47.3 Å². The smallest absolute Gasteiger partial charge is 0.327 e. The van der Waals surface area contributed by atoms with Crippen molar-refractivity contribution in [1.29, 1.82) is 0 Å². The number of rotatable bonds is 32. The molecule has 8 amide bonds. The molecule has 0 radical (unpaired) electrons. The van der Waals surface area contributed by atoms with E-state index in [0.29, 0.717) is 38.0 Å². The summed E-state index contributed by atoms with van der Waals surface area (Å²) in [6.07, 6.45) is 4.20. The van der Waals surface area contributed by atoms with Gasteiger partial charge in [-0.25, -0.2) is 4.79 Å². The summed E-state index contributed by atoms with van der Waals surface area (Å²) in [7, 11) is 0. The number of likely N-dealkylation sites (tertiary alicyclic amines) is 1. The summed E-state index contributed by atoms with van der Waals surface area (Å²) in [4.78, 5) is 125. The Morgan fingerprint density at radius 2 is 1.21 bits per heavy atom. The van der Waals surface area contributed by atoms with Crippen LogP contribution in [0.4, 0.5) is 0 Å². The Morgan fingerprint density at radius 1 is 0.687 bits per heavy atom. The van der Waals surface area contributed by atoms with Gasteiger partial charge in [-0.2, -0.15) is 49.6 Å². The number of carbonyl (C=O) groups excluding carboxylic acids is 8. The molecule has 1 aliphatic rings. The molecule has 1 rings (SSSR count). The number of guanidine groups is 1. The van der Waals surface area contributed by atoms with E-state index in [2.05, 4.69) is 80.1 Å². The fourth-order valence-electron chi connectivity index (χ4n) is 6.74. The normalized spacial score (nSPS) is 17.0. The molecule has 382 valence electrons. The maximum atomic E-state index is 14.0. The van der Waals surface area contributed by atoms with E-state index in [1.54, 1.807) is 0 Å². The molecule has 1 saturated heterocycles. The summed E-state index contributed by atoms with van der Waals surface area (Å²) in [6.45, 7) is 5.76. The van der Waals surface area contributed by atoms with Crippen LogP contribution in [0.15, 0.2) is 4.99 Å². The summed E-state index contributed by atoms with van der Waals surface area (Å²) < 4.78 is 0. The minimum absolute atomic E-state index is 0.00576. The summed E-state index contributed by atoms with van der Waals surface area (Å²) in [5.41, 5.74) is 22.5. The van der Waals surface area contributed by atoms with E-state index in [-0.39, 0.29) is 74.3 Å². The van der Waals surface area contributed by atoms with Crippen molar-refractivity contribution in [1.82, 2.24) is 42.1 Å². The van der Waals surface area contributed by atoms with Crippen LogP contribution in [0.3, 0.4) is 0 Å². The van der Waals surface area contributed by atoms with Crippen LogP contribution < -0.4 is 60.2 Å². The van der Waals surface area contributed by atoms with Crippen molar-refractivity contribution in [3.63, 3.8) is 0 Å². The molecule has 16 N–H and O–H groups in total. The molecule has 23 nitrogen and oxygen atoms in total. The lowest BCUT2D eigenvalue weighted by atomic mass is 10.0. The minimum atomic E-state index is -1.33. The second-order valence-corrected chi connectivity index (χ2v) is 18.5. The predicted octanol–water partition coefficient (Wildman–Crippen LogP) is -3.43. The highest BCUT2D eigenvalue weighted by molar-refractivity contribution is 7.98. The lowest BCUT2D eigenvalue weighted by molar-refractivity contribution is -0.142. The Balaban J connectivity index is 3.30. The van der Waals surface area contributed by atoms with E-state index in [9.17, 15) is 48.3 Å². The molecular weight excluding hydrogens is 951 g/mol. The van der Waals surface area contributed by atoms with Crippen molar-refractivity contribution in [2.45, 2.75) is 133 Å². The predicted molar refractivity (Wildman–Crippen MR) is 266 cm³/mol. The Labute approximate surface area is 413 Å². The fourth-order valence-corrected chi connectivity index (χ4v) is 7.88. The number of nitrogens with two attached hydrogens (primary N) is 4. The van der Waals surface area contributed by atoms with Gasteiger partial charge >= 0.3 is 5.97 Å². The van der Waals surface area contributed by atoms with E-state index >= 15 is 0 Å². The van der Waals surface area contributed by atoms with E-state index in [1.807, 2.05) is 20.1 Å². The molecular formula is C40H73N13O10S4. The van der Waals surface area contributed by atoms with Crippen molar-refractivity contribution in [3.05, 3.63) is 0 Å². The molecule has 1 fully saturated rings. The zero-order chi connectivity index (χ0) is 50.8. The van der Waals surface area contributed by atoms with E-state index in [0.717, 1.165) is 0 Å². The molecule has 0 aliphatic carbocycles. The molecule has 0 aromatic rings. The Kier molecular flexibility index (Phi) is 29.6. The number of aliphatic carboxylic acids is 1. The van der Waals surface area contributed by atoms with E-state index < -0.39 is 108 Å². The highest BCUT2D eigenvalue weighted by atomic mass is 32.2. The third-order valence-electron chi connectivity index (χ3n) is 10.5. The number of carboxylic acids is 1. The number of carbonyl (C=O) groups is 9. The quantitative estimate of drug-likeness (QED) is 0.0135. The van der Waals surface area contributed by atoms with Gasteiger partial charge < -0.3 is 70.2 Å². The summed E-state index contributed by atoms with van der Waals surface area (Å²) in [6, 6.07) is -10.4. The van der Waals surface area contributed by atoms with Gasteiger partial charge in [0.25, 0.3) is 0 Å². The Morgan fingerprint density at radius 3 is 1.75 bits per heavy atom. The molecule has 0 spiro atoms. The first-order chi connectivity index (χ1) is 31.6. The van der Waals surface area contributed by atoms with E-state index in [4.69, 9.17) is 22.9 Å². The molecule has 0 aromatic carbocycles.